The highest BCUT2D eigenvalue weighted by molar-refractivity contribution is 5.96. The number of halogens is 1. The fourth-order valence-electron chi connectivity index (χ4n) is 3.30. The van der Waals surface area contributed by atoms with Crippen LogP contribution in [0.2, 0.25) is 0 Å². The molecule has 1 aliphatic carbocycles. The van der Waals surface area contributed by atoms with E-state index in [1.807, 2.05) is 13.0 Å². The van der Waals surface area contributed by atoms with Gasteiger partial charge in [0, 0.05) is 0 Å². The van der Waals surface area contributed by atoms with Crippen LogP contribution in [0, 0.1) is 5.82 Å². The van der Waals surface area contributed by atoms with Gasteiger partial charge in [-0.1, -0.05) is 30.3 Å². The number of fused-ring (bicyclic) bond motifs is 1. The van der Waals surface area contributed by atoms with Crippen molar-refractivity contribution in [2.24, 2.45) is 0 Å². The average Bonchev–Trinajstić information content (AvgIpc) is 2.66. The van der Waals surface area contributed by atoms with Crippen LogP contribution >= 0.6 is 0 Å². The van der Waals surface area contributed by atoms with Crippen molar-refractivity contribution in [3.8, 4) is 0 Å². The van der Waals surface area contributed by atoms with Gasteiger partial charge in [-0.25, -0.2) is 4.39 Å². The summed E-state index contributed by atoms with van der Waals surface area (Å²) in [5.74, 6) is -1.51. The van der Waals surface area contributed by atoms with Crippen LogP contribution in [0.25, 0.3) is 0 Å². The molecule has 2 N–H and O–H groups in total. The summed E-state index contributed by atoms with van der Waals surface area (Å²) in [6.45, 7) is 1.73. The molecule has 0 spiro atoms. The molecule has 0 fully saturated rings. The van der Waals surface area contributed by atoms with Crippen LogP contribution in [0.15, 0.2) is 42.5 Å². The molecule has 0 radical (unpaired) electrons. The van der Waals surface area contributed by atoms with Crippen molar-refractivity contribution >= 4 is 11.8 Å². The van der Waals surface area contributed by atoms with Gasteiger partial charge in [0.2, 0.25) is 5.91 Å². The minimum Gasteiger partial charge on any atom is -0.348 e. The number of carbonyl (C=O) groups excluding carboxylic acids is 2. The molecule has 3 rings (SSSR count). The number of carbonyl (C=O) groups is 2. The van der Waals surface area contributed by atoms with Crippen molar-refractivity contribution in [2.75, 3.05) is 6.54 Å². The fourth-order valence-corrected chi connectivity index (χ4v) is 3.30. The largest absolute Gasteiger partial charge is 0.348 e. The molecule has 5 heteroatoms. The summed E-state index contributed by atoms with van der Waals surface area (Å²) in [6.07, 6.45) is 4.65. The lowest BCUT2D eigenvalue weighted by Crippen LogP contribution is -2.38. The van der Waals surface area contributed by atoms with E-state index in [1.165, 1.54) is 42.2 Å². The third-order valence-corrected chi connectivity index (χ3v) is 4.78. The van der Waals surface area contributed by atoms with Gasteiger partial charge >= 0.3 is 0 Å². The van der Waals surface area contributed by atoms with E-state index >= 15 is 0 Å². The molecule has 0 bridgehead atoms. The molecule has 1 unspecified atom stereocenters. The lowest BCUT2D eigenvalue weighted by Gasteiger charge is -2.20. The summed E-state index contributed by atoms with van der Waals surface area (Å²) >= 11 is 0. The lowest BCUT2D eigenvalue weighted by atomic mass is 9.89. The molecule has 0 saturated heterocycles. The molecule has 4 nitrogen and oxygen atoms in total. The molecule has 136 valence electrons. The third kappa shape index (κ3) is 4.28. The summed E-state index contributed by atoms with van der Waals surface area (Å²) in [4.78, 5) is 24.1. The van der Waals surface area contributed by atoms with E-state index in [-0.39, 0.29) is 24.1 Å². The second-order valence-electron chi connectivity index (χ2n) is 6.69. The third-order valence-electron chi connectivity index (χ3n) is 4.78. The van der Waals surface area contributed by atoms with Gasteiger partial charge in [0.05, 0.1) is 18.2 Å². The number of rotatable bonds is 5. The maximum Gasteiger partial charge on any atom is 0.254 e. The Bertz CT molecular complexity index is 819. The van der Waals surface area contributed by atoms with Gasteiger partial charge in [-0.3, -0.25) is 9.59 Å². The molecular formula is C21H23FN2O2. The molecule has 26 heavy (non-hydrogen) atoms. The molecular weight excluding hydrogens is 331 g/mol. The van der Waals surface area contributed by atoms with Gasteiger partial charge in [-0.05, 0) is 61.4 Å². The van der Waals surface area contributed by atoms with E-state index in [0.717, 1.165) is 18.4 Å². The standard InChI is InChI=1S/C21H23FN2O2/c1-14(16-11-10-15-6-2-3-7-17(15)12-16)24-20(25)13-23-21(26)18-8-4-5-9-19(18)22/h4-5,8-12,14H,2-3,6-7,13H2,1H3,(H,23,26)(H,24,25). The Kier molecular flexibility index (Phi) is 5.66. The first-order valence-corrected chi connectivity index (χ1v) is 8.98. The van der Waals surface area contributed by atoms with Crippen LogP contribution < -0.4 is 10.6 Å². The van der Waals surface area contributed by atoms with Crippen LogP contribution in [-0.2, 0) is 17.6 Å². The van der Waals surface area contributed by atoms with E-state index in [0.29, 0.717) is 0 Å². The van der Waals surface area contributed by atoms with Crippen molar-refractivity contribution in [3.05, 3.63) is 70.5 Å². The maximum absolute atomic E-state index is 13.6. The Hall–Kier alpha value is -2.69. The van der Waals surface area contributed by atoms with E-state index in [9.17, 15) is 14.0 Å². The normalized spacial score (nSPS) is 14.2. The predicted octanol–water partition coefficient (Wildman–Crippen LogP) is 3.31. The Balaban J connectivity index is 1.54. The summed E-state index contributed by atoms with van der Waals surface area (Å²) in [5.41, 5.74) is 3.75. The van der Waals surface area contributed by atoms with Gasteiger partial charge in [0.1, 0.15) is 5.82 Å². The first-order chi connectivity index (χ1) is 12.5. The monoisotopic (exact) mass is 354 g/mol. The van der Waals surface area contributed by atoms with Gasteiger partial charge in [0.25, 0.3) is 5.91 Å². The van der Waals surface area contributed by atoms with Crippen molar-refractivity contribution in [2.45, 2.75) is 38.6 Å². The Morgan fingerprint density at radius 1 is 1.08 bits per heavy atom. The molecule has 1 aliphatic rings. The molecule has 0 aromatic heterocycles. The summed E-state index contributed by atoms with van der Waals surface area (Å²) in [5, 5.41) is 5.33. The zero-order valence-electron chi connectivity index (χ0n) is 14.8. The molecule has 0 heterocycles. The highest BCUT2D eigenvalue weighted by atomic mass is 19.1. The molecule has 0 aliphatic heterocycles. The minimum absolute atomic E-state index is 0.0666. The molecule has 0 saturated carbocycles. The fraction of sp³-hybridized carbons (Fsp3) is 0.333. The van der Waals surface area contributed by atoms with Crippen molar-refractivity contribution in [1.82, 2.24) is 10.6 Å². The van der Waals surface area contributed by atoms with Gasteiger partial charge in [-0.2, -0.15) is 0 Å². The average molecular weight is 354 g/mol. The molecule has 2 aromatic carbocycles. The summed E-state index contributed by atoms with van der Waals surface area (Å²) in [6, 6.07) is 11.9. The van der Waals surface area contributed by atoms with E-state index in [2.05, 4.69) is 22.8 Å². The SMILES string of the molecule is CC(NC(=O)CNC(=O)c1ccccc1F)c1ccc2c(c1)CCCC2. The van der Waals surface area contributed by atoms with E-state index < -0.39 is 11.7 Å². The number of hydrogen-bond acceptors (Lipinski definition) is 2. The predicted molar refractivity (Wildman–Crippen MR) is 98.4 cm³/mol. The van der Waals surface area contributed by atoms with Crippen molar-refractivity contribution < 1.29 is 14.0 Å². The van der Waals surface area contributed by atoms with Gasteiger partial charge < -0.3 is 10.6 Å². The zero-order chi connectivity index (χ0) is 18.5. The van der Waals surface area contributed by atoms with Crippen LogP contribution in [-0.4, -0.2) is 18.4 Å². The summed E-state index contributed by atoms with van der Waals surface area (Å²) in [7, 11) is 0. The van der Waals surface area contributed by atoms with E-state index in [4.69, 9.17) is 0 Å². The van der Waals surface area contributed by atoms with Crippen LogP contribution in [0.4, 0.5) is 4.39 Å². The Morgan fingerprint density at radius 2 is 1.81 bits per heavy atom. The van der Waals surface area contributed by atoms with E-state index in [1.54, 1.807) is 6.07 Å². The first-order valence-electron chi connectivity index (χ1n) is 8.98. The zero-order valence-corrected chi connectivity index (χ0v) is 14.8. The van der Waals surface area contributed by atoms with Gasteiger partial charge in [0.15, 0.2) is 0 Å². The first kappa shape index (κ1) is 18.1. The van der Waals surface area contributed by atoms with Crippen LogP contribution in [0.1, 0.15) is 52.9 Å². The van der Waals surface area contributed by atoms with Crippen LogP contribution in [0.5, 0.6) is 0 Å². The topological polar surface area (TPSA) is 58.2 Å². The number of nitrogens with one attached hydrogen (secondary N) is 2. The smallest absolute Gasteiger partial charge is 0.254 e. The molecule has 2 aromatic rings. The second kappa shape index (κ2) is 8.13. The number of benzene rings is 2. The Morgan fingerprint density at radius 3 is 2.58 bits per heavy atom. The lowest BCUT2D eigenvalue weighted by molar-refractivity contribution is -0.120. The highest BCUT2D eigenvalue weighted by Gasteiger charge is 2.16. The number of aryl methyl sites for hydroxylation is 2. The van der Waals surface area contributed by atoms with Crippen LogP contribution in [0.3, 0.4) is 0 Å². The number of amides is 2. The summed E-state index contributed by atoms with van der Waals surface area (Å²) < 4.78 is 13.6. The van der Waals surface area contributed by atoms with Crippen molar-refractivity contribution in [1.29, 1.82) is 0 Å². The van der Waals surface area contributed by atoms with Gasteiger partial charge in [-0.15, -0.1) is 0 Å². The Labute approximate surface area is 152 Å². The maximum atomic E-state index is 13.6. The minimum atomic E-state index is -0.604. The molecule has 1 atom stereocenters. The number of hydrogen-bond donors (Lipinski definition) is 2. The quantitative estimate of drug-likeness (QED) is 0.865. The highest BCUT2D eigenvalue weighted by Crippen LogP contribution is 2.24. The molecule has 2 amide bonds. The van der Waals surface area contributed by atoms with Crippen molar-refractivity contribution in [3.63, 3.8) is 0 Å². The second-order valence-corrected chi connectivity index (χ2v) is 6.69.